The van der Waals surface area contributed by atoms with Crippen molar-refractivity contribution in [2.24, 2.45) is 39.4 Å². The van der Waals surface area contributed by atoms with Gasteiger partial charge in [-0.15, -0.1) is 0 Å². The first-order valence-electron chi connectivity index (χ1n) is 13.9. The van der Waals surface area contributed by atoms with E-state index in [0.29, 0.717) is 24.2 Å². The highest BCUT2D eigenvalue weighted by Crippen LogP contribution is 2.72. The van der Waals surface area contributed by atoms with E-state index in [2.05, 4.69) is 41.5 Å². The molecular weight excluding hydrogens is 408 g/mol. The zero-order chi connectivity index (χ0) is 24.6. The van der Waals surface area contributed by atoms with Crippen molar-refractivity contribution in [1.82, 2.24) is 0 Å². The maximum absolute atomic E-state index is 10.8. The van der Waals surface area contributed by atoms with Crippen molar-refractivity contribution in [2.75, 3.05) is 0 Å². The molecule has 2 saturated carbocycles. The third kappa shape index (κ3) is 3.87. The first-order valence-corrected chi connectivity index (χ1v) is 13.9. The summed E-state index contributed by atoms with van der Waals surface area (Å²) in [6.07, 6.45) is 10.1. The van der Waals surface area contributed by atoms with E-state index in [1.165, 1.54) is 38.5 Å². The molecule has 3 heteroatoms. The lowest BCUT2D eigenvalue weighted by atomic mass is 9.43. The summed E-state index contributed by atoms with van der Waals surface area (Å²) in [5, 5.41) is 31.7. The molecule has 33 heavy (non-hydrogen) atoms. The van der Waals surface area contributed by atoms with Gasteiger partial charge < -0.3 is 15.3 Å². The lowest BCUT2D eigenvalue weighted by Gasteiger charge is -2.62. The first kappa shape index (κ1) is 25.7. The summed E-state index contributed by atoms with van der Waals surface area (Å²) >= 11 is 0. The highest BCUT2D eigenvalue weighted by molar-refractivity contribution is 5.38. The summed E-state index contributed by atoms with van der Waals surface area (Å²) in [5.74, 6) is 1.67. The van der Waals surface area contributed by atoms with Crippen molar-refractivity contribution in [1.29, 1.82) is 0 Å². The maximum Gasteiger partial charge on any atom is 0.0616 e. The molecule has 0 heterocycles. The lowest BCUT2D eigenvalue weighted by Crippen LogP contribution is -2.55. The number of rotatable bonds is 5. The van der Waals surface area contributed by atoms with Gasteiger partial charge >= 0.3 is 0 Å². The number of hydrogen-bond donors (Lipinski definition) is 3. The molecule has 4 aliphatic carbocycles. The van der Waals surface area contributed by atoms with Crippen LogP contribution in [0.5, 0.6) is 0 Å². The van der Waals surface area contributed by atoms with Gasteiger partial charge in [-0.25, -0.2) is 0 Å². The van der Waals surface area contributed by atoms with E-state index in [-0.39, 0.29) is 27.8 Å². The maximum atomic E-state index is 10.8. The summed E-state index contributed by atoms with van der Waals surface area (Å²) < 4.78 is 0. The zero-order valence-corrected chi connectivity index (χ0v) is 22.8. The molecule has 0 bridgehead atoms. The van der Waals surface area contributed by atoms with Gasteiger partial charge in [0.05, 0.1) is 17.8 Å². The van der Waals surface area contributed by atoms with Crippen molar-refractivity contribution >= 4 is 0 Å². The third-order valence-corrected chi connectivity index (χ3v) is 11.9. The van der Waals surface area contributed by atoms with Gasteiger partial charge in [0.2, 0.25) is 0 Å². The van der Waals surface area contributed by atoms with Gasteiger partial charge in [0, 0.05) is 6.42 Å². The van der Waals surface area contributed by atoms with Crippen molar-refractivity contribution in [2.45, 2.75) is 137 Å². The molecule has 1 unspecified atom stereocenters. The molecule has 0 spiro atoms. The van der Waals surface area contributed by atoms with Crippen LogP contribution in [-0.2, 0) is 0 Å². The molecule has 0 aromatic rings. The summed E-state index contributed by atoms with van der Waals surface area (Å²) in [4.78, 5) is 0. The van der Waals surface area contributed by atoms with E-state index < -0.39 is 11.7 Å². The number of fused-ring (bicyclic) bond motifs is 4. The lowest BCUT2D eigenvalue weighted by molar-refractivity contribution is -0.0964. The fourth-order valence-electron chi connectivity index (χ4n) is 9.88. The van der Waals surface area contributed by atoms with E-state index in [1.807, 2.05) is 0 Å². The molecule has 0 aromatic carbocycles. The molecule has 3 nitrogen and oxygen atoms in total. The standard InChI is InChI=1S/C30H52O3/c1-19(17-20(31)18-26(2,3)33)21-11-15-30(8)23-9-10-24-27(4,5)25(32)13-14-28(24,6)22(23)12-16-29(21,30)7/h19-21,24-25,31-33H,9-18H2,1-8H3/t19-,20?,21-,24+,25+,28-,29-,30+/m1/s1. The molecule has 2 fully saturated rings. The van der Waals surface area contributed by atoms with Gasteiger partial charge in [-0.3, -0.25) is 0 Å². The fourth-order valence-corrected chi connectivity index (χ4v) is 9.88. The molecule has 190 valence electrons. The monoisotopic (exact) mass is 460 g/mol. The quantitative estimate of drug-likeness (QED) is 0.403. The Balaban J connectivity index is 1.61. The van der Waals surface area contributed by atoms with E-state index >= 15 is 0 Å². The molecular formula is C30H52O3. The largest absolute Gasteiger partial charge is 0.393 e. The molecule has 4 rings (SSSR count). The van der Waals surface area contributed by atoms with Gasteiger partial charge in [-0.05, 0) is 111 Å². The van der Waals surface area contributed by atoms with E-state index in [9.17, 15) is 15.3 Å². The normalized spacial score (nSPS) is 44.6. The highest BCUT2D eigenvalue weighted by Gasteiger charge is 2.63. The van der Waals surface area contributed by atoms with Crippen LogP contribution < -0.4 is 0 Å². The zero-order valence-electron chi connectivity index (χ0n) is 22.8. The van der Waals surface area contributed by atoms with Crippen molar-refractivity contribution in [3.63, 3.8) is 0 Å². The van der Waals surface area contributed by atoms with Gasteiger partial charge in [0.25, 0.3) is 0 Å². The Morgan fingerprint density at radius 2 is 1.61 bits per heavy atom. The minimum absolute atomic E-state index is 0.00344. The number of allylic oxidation sites excluding steroid dienone is 2. The SMILES string of the molecule is C[C@H](CC(O)CC(C)(C)O)[C@H]1CC[C@@]2(C)C3=C(CC[C@]12C)[C@@]1(C)CC[C@H](O)C(C)(C)[C@@H]1CC3. The number of aliphatic hydroxyl groups is 3. The Bertz CT molecular complexity index is 791. The van der Waals surface area contributed by atoms with Gasteiger partial charge in [0.15, 0.2) is 0 Å². The summed E-state index contributed by atoms with van der Waals surface area (Å²) in [6, 6.07) is 0. The summed E-state index contributed by atoms with van der Waals surface area (Å²) in [6.45, 7) is 18.2. The Kier molecular flexibility index (Phi) is 6.28. The fraction of sp³-hybridized carbons (Fsp3) is 0.933. The minimum atomic E-state index is -0.812. The van der Waals surface area contributed by atoms with Crippen LogP contribution in [-0.4, -0.2) is 33.1 Å². The predicted octanol–water partition coefficient (Wildman–Crippen LogP) is 6.64. The van der Waals surface area contributed by atoms with Crippen LogP contribution in [0.25, 0.3) is 0 Å². The second-order valence-electron chi connectivity index (χ2n) is 14.6. The Morgan fingerprint density at radius 3 is 2.24 bits per heavy atom. The van der Waals surface area contributed by atoms with Crippen LogP contribution in [0.15, 0.2) is 11.1 Å². The molecule has 0 aromatic heterocycles. The topological polar surface area (TPSA) is 60.7 Å². The second-order valence-corrected chi connectivity index (χ2v) is 14.6. The van der Waals surface area contributed by atoms with E-state index in [0.717, 1.165) is 19.3 Å². The van der Waals surface area contributed by atoms with Crippen LogP contribution in [0, 0.1) is 39.4 Å². The Hall–Kier alpha value is -0.380. The molecule has 8 atom stereocenters. The van der Waals surface area contributed by atoms with Crippen molar-refractivity contribution in [3.8, 4) is 0 Å². The summed E-state index contributed by atoms with van der Waals surface area (Å²) in [5.41, 5.74) is 3.53. The van der Waals surface area contributed by atoms with Crippen LogP contribution in [0.4, 0.5) is 0 Å². The van der Waals surface area contributed by atoms with Crippen molar-refractivity contribution in [3.05, 3.63) is 11.1 Å². The van der Waals surface area contributed by atoms with E-state index in [4.69, 9.17) is 0 Å². The molecule has 0 aliphatic heterocycles. The molecule has 3 N–H and O–H groups in total. The van der Waals surface area contributed by atoms with Crippen LogP contribution in [0.2, 0.25) is 0 Å². The minimum Gasteiger partial charge on any atom is -0.393 e. The van der Waals surface area contributed by atoms with Gasteiger partial charge in [-0.2, -0.15) is 0 Å². The highest BCUT2D eigenvalue weighted by atomic mass is 16.3. The van der Waals surface area contributed by atoms with Gasteiger partial charge in [-0.1, -0.05) is 52.7 Å². The van der Waals surface area contributed by atoms with Crippen LogP contribution in [0.3, 0.4) is 0 Å². The number of aliphatic hydroxyl groups excluding tert-OH is 2. The van der Waals surface area contributed by atoms with E-state index in [1.54, 1.807) is 25.0 Å². The van der Waals surface area contributed by atoms with Gasteiger partial charge in [0.1, 0.15) is 0 Å². The summed E-state index contributed by atoms with van der Waals surface area (Å²) in [7, 11) is 0. The average Bonchev–Trinajstić information content (AvgIpc) is 2.95. The molecule has 4 aliphatic rings. The first-order chi connectivity index (χ1) is 15.1. The Morgan fingerprint density at radius 1 is 0.939 bits per heavy atom. The molecule has 0 saturated heterocycles. The Labute approximate surface area is 203 Å². The molecule has 0 radical (unpaired) electrons. The van der Waals surface area contributed by atoms with Crippen molar-refractivity contribution < 1.29 is 15.3 Å². The van der Waals surface area contributed by atoms with Crippen LogP contribution >= 0.6 is 0 Å². The third-order valence-electron chi connectivity index (χ3n) is 11.9. The predicted molar refractivity (Wildman–Crippen MR) is 136 cm³/mol. The second kappa shape index (κ2) is 8.07. The smallest absolute Gasteiger partial charge is 0.0616 e. The number of hydrogen-bond acceptors (Lipinski definition) is 3. The average molecular weight is 461 g/mol. The van der Waals surface area contributed by atoms with Crippen LogP contribution in [0.1, 0.15) is 120 Å². The molecule has 0 amide bonds.